The van der Waals surface area contributed by atoms with Gasteiger partial charge < -0.3 is 10.0 Å². The monoisotopic (exact) mass is 177 g/mol. The quantitative estimate of drug-likeness (QED) is 0.383. The van der Waals surface area contributed by atoms with E-state index >= 15 is 0 Å². The van der Waals surface area contributed by atoms with E-state index in [1.54, 1.807) is 13.8 Å². The Morgan fingerprint density at radius 3 is 2.23 bits per heavy atom. The van der Waals surface area contributed by atoms with Gasteiger partial charge in [0.25, 0.3) is 0 Å². The molecule has 0 heterocycles. The Morgan fingerprint density at radius 2 is 2.00 bits per heavy atom. The lowest BCUT2D eigenvalue weighted by Crippen LogP contribution is -2.15. The minimum Gasteiger partial charge on any atom is -0.423 e. The summed E-state index contributed by atoms with van der Waals surface area (Å²) in [5, 5.41) is 26.4. The van der Waals surface area contributed by atoms with Crippen molar-refractivity contribution in [3.8, 4) is 6.07 Å². The number of rotatable bonds is 3. The predicted molar refractivity (Wildman–Crippen MR) is 52.5 cm³/mol. The normalized spacial score (nSPS) is 10.2. The molecule has 0 aliphatic heterocycles. The summed E-state index contributed by atoms with van der Waals surface area (Å²) in [5.41, 5.74) is 1.39. The van der Waals surface area contributed by atoms with Gasteiger partial charge in [-0.3, -0.25) is 0 Å². The van der Waals surface area contributed by atoms with Crippen LogP contribution in [0.4, 0.5) is 0 Å². The summed E-state index contributed by atoms with van der Waals surface area (Å²) in [4.78, 5) is 0. The minimum atomic E-state index is -1.55. The first-order valence-electron chi connectivity index (χ1n) is 3.80. The van der Waals surface area contributed by atoms with Crippen molar-refractivity contribution in [1.29, 1.82) is 5.26 Å². The summed E-state index contributed by atoms with van der Waals surface area (Å²) < 4.78 is 0. The number of hydrogen-bond acceptors (Lipinski definition) is 3. The van der Waals surface area contributed by atoms with Crippen molar-refractivity contribution in [3.63, 3.8) is 0 Å². The minimum absolute atomic E-state index is 0.310. The number of hydrogen-bond donors (Lipinski definition) is 2. The molecule has 0 saturated carbocycles. The standard InChI is InChI=1S/C9H12BNO2/c1-4-8(6-11)5-9(7(2)3)10(12)13/h4-5,12-13H,1H2,2-3H3/b8-5+. The van der Waals surface area contributed by atoms with Gasteiger partial charge in [0, 0.05) is 0 Å². The maximum atomic E-state index is 8.93. The van der Waals surface area contributed by atoms with Crippen LogP contribution in [0.25, 0.3) is 0 Å². The van der Waals surface area contributed by atoms with Crippen LogP contribution in [0.1, 0.15) is 13.8 Å². The molecule has 0 aliphatic carbocycles. The molecule has 0 unspecified atom stereocenters. The third-order valence-corrected chi connectivity index (χ3v) is 1.52. The van der Waals surface area contributed by atoms with Gasteiger partial charge in [-0.25, -0.2) is 0 Å². The molecule has 0 fully saturated rings. The van der Waals surface area contributed by atoms with E-state index in [-0.39, 0.29) is 0 Å². The van der Waals surface area contributed by atoms with E-state index in [1.807, 2.05) is 6.07 Å². The Balaban J connectivity index is 5.05. The van der Waals surface area contributed by atoms with Gasteiger partial charge in [0.05, 0.1) is 11.6 Å². The summed E-state index contributed by atoms with van der Waals surface area (Å²) in [6.07, 6.45) is 2.78. The van der Waals surface area contributed by atoms with Crippen LogP contribution in [0.15, 0.2) is 35.3 Å². The van der Waals surface area contributed by atoms with E-state index in [9.17, 15) is 0 Å². The Hall–Kier alpha value is -1.31. The molecular formula is C9H12BNO2. The van der Waals surface area contributed by atoms with Crippen LogP contribution in [0.5, 0.6) is 0 Å². The fourth-order valence-corrected chi connectivity index (χ4v) is 0.781. The van der Waals surface area contributed by atoms with Crippen molar-refractivity contribution in [2.45, 2.75) is 13.8 Å². The van der Waals surface area contributed by atoms with Crippen molar-refractivity contribution in [1.82, 2.24) is 0 Å². The zero-order valence-electron chi connectivity index (χ0n) is 7.78. The van der Waals surface area contributed by atoms with Gasteiger partial charge in [0.15, 0.2) is 0 Å². The fraction of sp³-hybridized carbons (Fsp3) is 0.222. The second-order valence-corrected chi connectivity index (χ2v) is 2.74. The van der Waals surface area contributed by atoms with Crippen LogP contribution >= 0.6 is 0 Å². The first-order chi connectivity index (χ1) is 6.02. The SMILES string of the molecule is C=C/C(C#N)=C\C(B(O)O)=C(C)C. The van der Waals surface area contributed by atoms with Gasteiger partial charge in [0.1, 0.15) is 0 Å². The molecule has 68 valence electrons. The topological polar surface area (TPSA) is 64.2 Å². The van der Waals surface area contributed by atoms with Crippen LogP contribution in [0.2, 0.25) is 0 Å². The molecule has 0 amide bonds. The van der Waals surface area contributed by atoms with Gasteiger partial charge in [0.2, 0.25) is 0 Å². The smallest absolute Gasteiger partial charge is 0.423 e. The van der Waals surface area contributed by atoms with E-state index in [2.05, 4.69) is 6.58 Å². The Labute approximate surface area is 78.5 Å². The maximum absolute atomic E-state index is 8.93. The van der Waals surface area contributed by atoms with Gasteiger partial charge in [-0.05, 0) is 25.4 Å². The van der Waals surface area contributed by atoms with Crippen molar-refractivity contribution in [2.75, 3.05) is 0 Å². The Kier molecular flexibility index (Phi) is 4.82. The van der Waals surface area contributed by atoms with E-state index < -0.39 is 7.12 Å². The molecule has 0 aromatic rings. The molecular weight excluding hydrogens is 165 g/mol. The second-order valence-electron chi connectivity index (χ2n) is 2.74. The first kappa shape index (κ1) is 11.7. The molecule has 0 bridgehead atoms. The van der Waals surface area contributed by atoms with E-state index in [4.69, 9.17) is 15.3 Å². The molecule has 0 saturated heterocycles. The van der Waals surface area contributed by atoms with Crippen LogP contribution in [-0.4, -0.2) is 17.2 Å². The van der Waals surface area contributed by atoms with Gasteiger partial charge in [-0.2, -0.15) is 5.26 Å². The number of nitrogens with zero attached hydrogens (tertiary/aromatic N) is 1. The van der Waals surface area contributed by atoms with Crippen molar-refractivity contribution in [2.24, 2.45) is 0 Å². The van der Waals surface area contributed by atoms with E-state index in [1.165, 1.54) is 12.2 Å². The third kappa shape index (κ3) is 3.74. The summed E-state index contributed by atoms with van der Waals surface area (Å²) in [7, 11) is -1.55. The van der Waals surface area contributed by atoms with Gasteiger partial charge in [-0.15, -0.1) is 0 Å². The largest absolute Gasteiger partial charge is 0.488 e. The van der Waals surface area contributed by atoms with Gasteiger partial charge in [-0.1, -0.05) is 18.2 Å². The lowest BCUT2D eigenvalue weighted by Gasteiger charge is -2.02. The molecule has 13 heavy (non-hydrogen) atoms. The Morgan fingerprint density at radius 1 is 1.46 bits per heavy atom. The van der Waals surface area contributed by atoms with E-state index in [0.29, 0.717) is 11.0 Å². The van der Waals surface area contributed by atoms with Crippen LogP contribution in [0.3, 0.4) is 0 Å². The highest BCUT2D eigenvalue weighted by atomic mass is 16.4. The second kappa shape index (κ2) is 5.36. The maximum Gasteiger partial charge on any atom is 0.488 e. The highest BCUT2D eigenvalue weighted by Gasteiger charge is 2.13. The molecule has 0 rings (SSSR count). The van der Waals surface area contributed by atoms with Gasteiger partial charge >= 0.3 is 7.12 Å². The molecule has 0 aromatic carbocycles. The lowest BCUT2D eigenvalue weighted by atomic mass is 9.76. The molecule has 0 radical (unpaired) electrons. The summed E-state index contributed by atoms with van der Waals surface area (Å²) in [6, 6.07) is 1.88. The third-order valence-electron chi connectivity index (χ3n) is 1.52. The first-order valence-corrected chi connectivity index (χ1v) is 3.80. The molecule has 0 aliphatic rings. The van der Waals surface area contributed by atoms with Crippen LogP contribution < -0.4 is 0 Å². The summed E-state index contributed by atoms with van der Waals surface area (Å²) in [5.74, 6) is 0. The molecule has 4 heteroatoms. The van der Waals surface area contributed by atoms with Crippen molar-refractivity contribution in [3.05, 3.63) is 35.3 Å². The fourth-order valence-electron chi connectivity index (χ4n) is 0.781. The van der Waals surface area contributed by atoms with Crippen molar-refractivity contribution < 1.29 is 10.0 Å². The highest BCUT2D eigenvalue weighted by molar-refractivity contribution is 6.52. The molecule has 3 nitrogen and oxygen atoms in total. The zero-order valence-corrected chi connectivity index (χ0v) is 7.78. The van der Waals surface area contributed by atoms with Crippen molar-refractivity contribution >= 4 is 7.12 Å². The van der Waals surface area contributed by atoms with Crippen LogP contribution in [0, 0.1) is 11.3 Å². The molecule has 2 N–H and O–H groups in total. The molecule has 0 spiro atoms. The number of allylic oxidation sites excluding steroid dienone is 5. The highest BCUT2D eigenvalue weighted by Crippen LogP contribution is 2.09. The lowest BCUT2D eigenvalue weighted by molar-refractivity contribution is 0.420. The zero-order chi connectivity index (χ0) is 10.4. The Bertz CT molecular complexity index is 293. The average Bonchev–Trinajstić information content (AvgIpc) is 2.05. The van der Waals surface area contributed by atoms with Crippen LogP contribution in [-0.2, 0) is 0 Å². The molecule has 0 atom stereocenters. The number of nitriles is 1. The summed E-state index contributed by atoms with van der Waals surface area (Å²) >= 11 is 0. The average molecular weight is 177 g/mol. The summed E-state index contributed by atoms with van der Waals surface area (Å²) in [6.45, 7) is 6.91. The van der Waals surface area contributed by atoms with E-state index in [0.717, 1.165) is 5.57 Å². The predicted octanol–water partition coefficient (Wildman–Crippen LogP) is 0.971. The molecule has 0 aromatic heterocycles.